The molecule has 0 aromatic heterocycles. The van der Waals surface area contributed by atoms with Crippen molar-refractivity contribution in [2.45, 2.75) is 334 Å². The first-order valence-electron chi connectivity index (χ1n) is 33.8. The van der Waals surface area contributed by atoms with Gasteiger partial charge >= 0.3 is 0 Å². The fourth-order valence-electron chi connectivity index (χ4n) is 11.6. The maximum Gasteiger partial charge on any atom is 0.217 e. The zero-order chi connectivity index (χ0) is 79.0. The number of amides is 3. The zero-order valence-corrected chi connectivity index (χ0v) is 59.8. The van der Waals surface area contributed by atoms with Crippen LogP contribution in [0.1, 0.15) is 96.4 Å². The van der Waals surface area contributed by atoms with E-state index in [9.17, 15) is 111 Å². The lowest BCUT2D eigenvalue weighted by molar-refractivity contribution is -0.224. The Morgan fingerprint density at radius 2 is 0.559 bits per heavy atom. The van der Waals surface area contributed by atoms with Gasteiger partial charge in [-0.05, 0) is 75.7 Å². The summed E-state index contributed by atoms with van der Waals surface area (Å²) in [6, 6.07) is -2.16. The van der Waals surface area contributed by atoms with Gasteiger partial charge in [-0.1, -0.05) is 0 Å². The molecule has 0 bridgehead atoms. The molecule has 8 fully saturated rings. The molecule has 8 aliphatic rings. The lowest BCUT2D eigenvalue weighted by Gasteiger charge is -2.41. The van der Waals surface area contributed by atoms with Gasteiger partial charge in [0, 0.05) is 33.4 Å². The van der Waals surface area contributed by atoms with Crippen molar-refractivity contribution in [2.24, 2.45) is 11.5 Å². The van der Waals surface area contributed by atoms with Crippen LogP contribution >= 0.6 is 0 Å². The number of aliphatic hydroxyl groups excluding tert-OH is 24. The number of carbonyl (C=O) groups is 3. The van der Waals surface area contributed by atoms with Gasteiger partial charge in [0.25, 0.3) is 0 Å². The van der Waals surface area contributed by atoms with Gasteiger partial charge in [0.1, 0.15) is 134 Å². The molecule has 606 valence electrons. The second-order valence-electron chi connectivity index (χ2n) is 26.6. The molecule has 40 nitrogen and oxygen atoms in total. The third-order valence-corrected chi connectivity index (χ3v) is 18.1. The molecule has 0 aromatic carbocycles. The lowest BCUT2D eigenvalue weighted by atomic mass is 9.93. The highest BCUT2D eigenvalue weighted by Gasteiger charge is 2.47. The largest absolute Gasteiger partial charge is 0.394 e. The Kier molecular flexibility index (Phi) is 44.2. The summed E-state index contributed by atoms with van der Waals surface area (Å²) >= 11 is 0. The molecule has 39 atom stereocenters. The summed E-state index contributed by atoms with van der Waals surface area (Å²) in [4.78, 5) is 32.4. The number of aliphatic hydroxyl groups is 24. The summed E-state index contributed by atoms with van der Waals surface area (Å²) in [6.45, 7) is 19.2. The molecule has 0 aliphatic carbocycles. The Morgan fingerprint density at radius 3 is 0.873 bits per heavy atom. The Labute approximate surface area is 592 Å². The van der Waals surface area contributed by atoms with Gasteiger partial charge in [-0.25, -0.2) is 0 Å². The molecule has 0 saturated carbocycles. The summed E-state index contributed by atoms with van der Waals surface area (Å²) in [6.07, 6.45) is -28.4. The van der Waals surface area contributed by atoms with E-state index in [4.69, 9.17) is 74.9 Å². The predicted molar refractivity (Wildman–Crippen MR) is 350 cm³/mol. The highest BCUT2D eigenvalue weighted by molar-refractivity contribution is 5.74. The molecule has 0 spiro atoms. The van der Waals surface area contributed by atoms with Crippen molar-refractivity contribution < 1.29 is 175 Å². The van der Waals surface area contributed by atoms with Crippen LogP contribution in [0.3, 0.4) is 0 Å². The van der Waals surface area contributed by atoms with Crippen LogP contribution in [-0.2, 0) is 52.3 Å². The maximum atomic E-state index is 10.9. The second-order valence-corrected chi connectivity index (χ2v) is 26.6. The number of nitrogens with two attached hydrogens (primary N) is 2. The molecule has 8 rings (SSSR count). The van der Waals surface area contributed by atoms with Crippen molar-refractivity contribution in [2.75, 3.05) is 39.6 Å². The van der Waals surface area contributed by atoms with Crippen molar-refractivity contribution >= 4 is 17.7 Å². The molecule has 102 heavy (non-hydrogen) atoms. The number of hydrogen-bond acceptors (Lipinski definition) is 37. The quantitative estimate of drug-likeness (QED) is 0.102. The van der Waals surface area contributed by atoms with Crippen LogP contribution in [0.15, 0.2) is 0 Å². The molecule has 0 radical (unpaired) electrons. The minimum absolute atomic E-state index is 0.112. The van der Waals surface area contributed by atoms with E-state index in [0.29, 0.717) is 0 Å². The van der Waals surface area contributed by atoms with Gasteiger partial charge in [-0.2, -0.15) is 0 Å². The number of nitrogens with one attached hydrogen (secondary N) is 3. The predicted octanol–water partition coefficient (Wildman–Crippen LogP) is -13.8. The van der Waals surface area contributed by atoms with Crippen LogP contribution in [0, 0.1) is 0 Å². The Hall–Kier alpha value is -2.95. The van der Waals surface area contributed by atoms with Crippen LogP contribution in [0.2, 0.25) is 0 Å². The topological polar surface area (TPSA) is 699 Å². The standard InChI is InChI=1S/3C9H17NO5.C7H15NO3.C7H15NO2.3C7H14O5/c1-4-8(13)7(10-5(2)12)9(14)6(3-11)15-4;1-4-7(10-5(2)12)9(14)8(13)6(3-11)15-4;1-4-7(12)9(14)8(13)6(15-4)3-10-5(2)11;1-3-6(9)5(8)7(10)4(2)11-3;1-4-3-6(8)7(9)5(2)10-4;3*1-3-5(9)7(11)6(10)4(2-8)12-3/h2*4,6-9,11,13-14H,3H2,1-2H3,(H,10,12);4,6-9,12-14H,3H2,1-2H3,(H,10,11);3-7,9-10H,8H2,1-2H3;4-7,9H,3,8H2,1-2H3;3*3-11H,2H2,1H3/t4-,6?,7+,8?,9+;2*4-,6?,7?,8+,9+;3-,4?,5?,6?,7+;4?,5-,6-,7?;3-,4?,5?,6+,7+;2*3-,4?,5?,6-,7+/m00000000/s1. The second kappa shape index (κ2) is 46.4. The molecule has 0 aromatic rings. The Balaban J connectivity index is 0.000000585. The Morgan fingerprint density at radius 1 is 0.294 bits per heavy atom. The van der Waals surface area contributed by atoms with E-state index in [-0.39, 0.29) is 87.8 Å². The number of hydrogen-bond donors (Lipinski definition) is 29. The molecular formula is C62H123N5O35. The molecule has 17 unspecified atom stereocenters. The van der Waals surface area contributed by atoms with Crippen molar-refractivity contribution in [1.29, 1.82) is 0 Å². The van der Waals surface area contributed by atoms with Gasteiger partial charge in [0.2, 0.25) is 17.7 Å². The third-order valence-electron chi connectivity index (χ3n) is 18.1. The SMILES string of the molecule is CC(=O)NC1[C@H](C)OC(CO)[C@@H](O)[C@@H]1O.CC(=O)NCC1O[C@@H](C)C(O)[C@@H](O)[C@@H]1O.CC(=O)N[C@@H]1C(O)[C@H](C)OC(CO)[C@H]1O.CC1C[C@H](N)C(O)[C@H](C)O1.CC1O[C@@H](C)C(O)C(N)[C@@H]1O.C[C@@H]1OC(CO)[C@@H](O)[C@H](O)C1O.C[C@@H]1OC(CO)[C@H](O)[C@H](O)C1O.C[C@@H]1OC(CO)[C@H](O)[C@H](O)C1O. The fourth-order valence-corrected chi connectivity index (χ4v) is 11.6. The van der Waals surface area contributed by atoms with Gasteiger partial charge < -0.3 is 188 Å². The lowest BCUT2D eigenvalue weighted by Crippen LogP contribution is -2.63. The van der Waals surface area contributed by atoms with Crippen LogP contribution < -0.4 is 27.4 Å². The highest BCUT2D eigenvalue weighted by atomic mass is 16.6. The monoisotopic (exact) mass is 1500 g/mol. The number of rotatable bonds is 9. The summed E-state index contributed by atoms with van der Waals surface area (Å²) < 4.78 is 41.3. The first-order chi connectivity index (χ1) is 47.2. The average Bonchev–Trinajstić information content (AvgIpc) is 0.821. The zero-order valence-electron chi connectivity index (χ0n) is 59.8. The third kappa shape index (κ3) is 28.9. The van der Waals surface area contributed by atoms with Crippen LogP contribution in [0.4, 0.5) is 0 Å². The Bertz CT molecular complexity index is 2200. The smallest absolute Gasteiger partial charge is 0.217 e. The number of ether oxygens (including phenoxy) is 8. The molecule has 31 N–H and O–H groups in total. The number of carbonyl (C=O) groups excluding carboxylic acids is 3. The van der Waals surface area contributed by atoms with Crippen LogP contribution in [0.5, 0.6) is 0 Å². The summed E-state index contributed by atoms with van der Waals surface area (Å²) in [5.74, 6) is -0.882. The molecular weight excluding hydrogens is 1370 g/mol. The van der Waals surface area contributed by atoms with Gasteiger partial charge in [-0.3, -0.25) is 14.4 Å². The minimum Gasteiger partial charge on any atom is -0.394 e. The van der Waals surface area contributed by atoms with E-state index in [2.05, 4.69) is 16.0 Å². The fraction of sp³-hybridized carbons (Fsp3) is 0.952. The first kappa shape index (κ1) is 97.1. The maximum absolute atomic E-state index is 10.9. The van der Waals surface area contributed by atoms with E-state index in [1.807, 2.05) is 13.8 Å². The van der Waals surface area contributed by atoms with Crippen molar-refractivity contribution in [3.63, 3.8) is 0 Å². The van der Waals surface area contributed by atoms with E-state index in [1.54, 1.807) is 55.4 Å². The summed E-state index contributed by atoms with van der Waals surface area (Å²) in [5.41, 5.74) is 11.2. The van der Waals surface area contributed by atoms with E-state index in [1.165, 1.54) is 20.8 Å². The van der Waals surface area contributed by atoms with Gasteiger partial charge in [0.15, 0.2) is 0 Å². The van der Waals surface area contributed by atoms with E-state index in [0.717, 1.165) is 6.42 Å². The van der Waals surface area contributed by atoms with Crippen molar-refractivity contribution in [1.82, 2.24) is 16.0 Å². The van der Waals surface area contributed by atoms with Crippen LogP contribution in [0.25, 0.3) is 0 Å². The highest BCUT2D eigenvalue weighted by Crippen LogP contribution is 2.27. The molecule has 40 heteroatoms. The molecule has 8 heterocycles. The van der Waals surface area contributed by atoms with Gasteiger partial charge in [0.05, 0.1) is 131 Å². The van der Waals surface area contributed by atoms with Gasteiger partial charge in [-0.15, -0.1) is 0 Å². The van der Waals surface area contributed by atoms with Crippen LogP contribution in [-0.4, -0.2) is 418 Å². The average molecular weight is 1500 g/mol. The molecule has 8 aliphatic heterocycles. The first-order valence-corrected chi connectivity index (χ1v) is 33.8. The normalized spacial score (nSPS) is 46.1. The summed E-state index contributed by atoms with van der Waals surface area (Å²) in [7, 11) is 0. The molecule has 3 amide bonds. The minimum atomic E-state index is -1.24. The molecule has 8 saturated heterocycles. The summed E-state index contributed by atoms with van der Waals surface area (Å²) in [5, 5.41) is 229. The van der Waals surface area contributed by atoms with Crippen molar-refractivity contribution in [3.05, 3.63) is 0 Å². The van der Waals surface area contributed by atoms with E-state index >= 15 is 0 Å². The van der Waals surface area contributed by atoms with E-state index < -0.39 is 207 Å². The van der Waals surface area contributed by atoms with Crippen molar-refractivity contribution in [3.8, 4) is 0 Å².